The summed E-state index contributed by atoms with van der Waals surface area (Å²) in [5.41, 5.74) is 1.61. The van der Waals surface area contributed by atoms with Crippen LogP contribution in [0.1, 0.15) is 43.4 Å². The average molecular weight is 425 g/mol. The SMILES string of the molecule is Cn1nc(C(C)(C)C)cc1C(=O)N1CCCN1C(=O)CN1C(=O)COc2ccccc21. The molecule has 0 saturated carbocycles. The highest BCUT2D eigenvalue weighted by Crippen LogP contribution is 2.31. The molecule has 2 aliphatic rings. The minimum absolute atomic E-state index is 0.114. The van der Waals surface area contributed by atoms with Gasteiger partial charge in [0.05, 0.1) is 11.4 Å². The number of hydrogen-bond donors (Lipinski definition) is 0. The number of hydrogen-bond acceptors (Lipinski definition) is 5. The van der Waals surface area contributed by atoms with E-state index >= 15 is 0 Å². The van der Waals surface area contributed by atoms with Crippen LogP contribution in [0.25, 0.3) is 0 Å². The zero-order valence-corrected chi connectivity index (χ0v) is 18.3. The van der Waals surface area contributed by atoms with E-state index in [0.29, 0.717) is 36.6 Å². The molecule has 3 heterocycles. The summed E-state index contributed by atoms with van der Waals surface area (Å²) in [5.74, 6) is -0.307. The molecule has 1 aromatic heterocycles. The van der Waals surface area contributed by atoms with Crippen molar-refractivity contribution >= 4 is 23.4 Å². The van der Waals surface area contributed by atoms with Crippen molar-refractivity contribution in [2.75, 3.05) is 31.1 Å². The van der Waals surface area contributed by atoms with E-state index in [4.69, 9.17) is 4.74 Å². The third kappa shape index (κ3) is 3.87. The predicted molar refractivity (Wildman–Crippen MR) is 114 cm³/mol. The quantitative estimate of drug-likeness (QED) is 0.747. The second-order valence-electron chi connectivity index (χ2n) is 8.82. The van der Waals surface area contributed by atoms with Gasteiger partial charge in [0.2, 0.25) is 0 Å². The number of benzene rings is 1. The van der Waals surface area contributed by atoms with Crippen LogP contribution < -0.4 is 9.64 Å². The maximum Gasteiger partial charge on any atom is 0.290 e. The second kappa shape index (κ2) is 7.72. The molecule has 0 unspecified atom stereocenters. The van der Waals surface area contributed by atoms with Gasteiger partial charge in [-0.15, -0.1) is 0 Å². The van der Waals surface area contributed by atoms with Crippen molar-refractivity contribution in [2.45, 2.75) is 32.6 Å². The number of carbonyl (C=O) groups excluding carboxylic acids is 3. The Bertz CT molecular complexity index is 1040. The van der Waals surface area contributed by atoms with Crippen molar-refractivity contribution in [1.82, 2.24) is 19.8 Å². The monoisotopic (exact) mass is 425 g/mol. The van der Waals surface area contributed by atoms with E-state index in [1.165, 1.54) is 14.9 Å². The van der Waals surface area contributed by atoms with Crippen molar-refractivity contribution in [2.24, 2.45) is 7.05 Å². The largest absolute Gasteiger partial charge is 0.482 e. The molecule has 0 bridgehead atoms. The van der Waals surface area contributed by atoms with E-state index < -0.39 is 0 Å². The molecule has 0 aliphatic carbocycles. The van der Waals surface area contributed by atoms with E-state index in [1.807, 2.05) is 26.8 Å². The molecule has 3 amide bonds. The Balaban J connectivity index is 1.54. The van der Waals surface area contributed by atoms with E-state index in [9.17, 15) is 14.4 Å². The van der Waals surface area contributed by atoms with Gasteiger partial charge < -0.3 is 4.74 Å². The molecule has 0 N–H and O–H groups in total. The van der Waals surface area contributed by atoms with Crippen molar-refractivity contribution in [3.63, 3.8) is 0 Å². The first-order valence-corrected chi connectivity index (χ1v) is 10.4. The molecule has 9 heteroatoms. The van der Waals surface area contributed by atoms with Gasteiger partial charge in [0.15, 0.2) is 6.61 Å². The van der Waals surface area contributed by atoms with Crippen LogP contribution in [0, 0.1) is 0 Å². The maximum absolute atomic E-state index is 13.2. The fraction of sp³-hybridized carbons (Fsp3) is 0.455. The lowest BCUT2D eigenvalue weighted by Gasteiger charge is -2.32. The van der Waals surface area contributed by atoms with Gasteiger partial charge in [-0.25, -0.2) is 10.0 Å². The van der Waals surface area contributed by atoms with Crippen LogP contribution in [0.5, 0.6) is 5.75 Å². The van der Waals surface area contributed by atoms with E-state index in [2.05, 4.69) is 5.10 Å². The number of nitrogens with zero attached hydrogens (tertiary/aromatic N) is 5. The Labute approximate surface area is 181 Å². The Morgan fingerprint density at radius 2 is 1.84 bits per heavy atom. The molecular weight excluding hydrogens is 398 g/mol. The maximum atomic E-state index is 13.2. The zero-order chi connectivity index (χ0) is 22.3. The number of aryl methyl sites for hydroxylation is 1. The van der Waals surface area contributed by atoms with Gasteiger partial charge in [-0.2, -0.15) is 5.10 Å². The average Bonchev–Trinajstić information content (AvgIpc) is 3.36. The number of carbonyl (C=O) groups is 3. The van der Waals surface area contributed by atoms with Crippen LogP contribution in [0.3, 0.4) is 0 Å². The van der Waals surface area contributed by atoms with Gasteiger partial charge in [-0.1, -0.05) is 32.9 Å². The molecule has 4 rings (SSSR count). The lowest BCUT2D eigenvalue weighted by Crippen LogP contribution is -2.51. The number of ether oxygens (including phenoxy) is 1. The highest BCUT2D eigenvalue weighted by molar-refractivity contribution is 6.02. The third-order valence-corrected chi connectivity index (χ3v) is 5.52. The predicted octanol–water partition coefficient (Wildman–Crippen LogP) is 1.73. The topological polar surface area (TPSA) is 88.0 Å². The Morgan fingerprint density at radius 3 is 2.55 bits per heavy atom. The third-order valence-electron chi connectivity index (χ3n) is 5.52. The van der Waals surface area contributed by atoms with Gasteiger partial charge in [0.1, 0.15) is 18.0 Å². The molecule has 1 saturated heterocycles. The summed E-state index contributed by atoms with van der Waals surface area (Å²) < 4.78 is 7.00. The van der Waals surface area contributed by atoms with Gasteiger partial charge in [-0.3, -0.25) is 24.0 Å². The Morgan fingerprint density at radius 1 is 1.13 bits per heavy atom. The molecule has 0 atom stereocenters. The normalized spacial score (nSPS) is 16.4. The van der Waals surface area contributed by atoms with E-state index in [0.717, 1.165) is 5.69 Å². The first-order valence-electron chi connectivity index (χ1n) is 10.4. The molecule has 0 spiro atoms. The molecule has 2 aliphatic heterocycles. The van der Waals surface area contributed by atoms with Crippen molar-refractivity contribution in [3.05, 3.63) is 41.7 Å². The number of aromatic nitrogens is 2. The number of fused-ring (bicyclic) bond motifs is 1. The van der Waals surface area contributed by atoms with E-state index in [-0.39, 0.29) is 36.3 Å². The number of amides is 3. The number of rotatable bonds is 3. The van der Waals surface area contributed by atoms with Crippen LogP contribution in [-0.4, -0.2) is 63.8 Å². The van der Waals surface area contributed by atoms with Crippen LogP contribution in [-0.2, 0) is 22.1 Å². The Hall–Kier alpha value is -3.36. The van der Waals surface area contributed by atoms with Gasteiger partial charge in [-0.05, 0) is 24.6 Å². The van der Waals surface area contributed by atoms with Crippen LogP contribution >= 0.6 is 0 Å². The summed E-state index contributed by atoms with van der Waals surface area (Å²) in [7, 11) is 1.73. The molecule has 164 valence electrons. The Kier molecular flexibility index (Phi) is 5.20. The van der Waals surface area contributed by atoms with Crippen molar-refractivity contribution < 1.29 is 19.1 Å². The molecule has 9 nitrogen and oxygen atoms in total. The first kappa shape index (κ1) is 20.9. The second-order valence-corrected chi connectivity index (χ2v) is 8.82. The fourth-order valence-corrected chi connectivity index (χ4v) is 3.79. The lowest BCUT2D eigenvalue weighted by molar-refractivity contribution is -0.140. The fourth-order valence-electron chi connectivity index (χ4n) is 3.79. The van der Waals surface area contributed by atoms with Gasteiger partial charge in [0.25, 0.3) is 17.7 Å². The lowest BCUT2D eigenvalue weighted by atomic mass is 9.92. The van der Waals surface area contributed by atoms with Gasteiger partial charge >= 0.3 is 0 Å². The molecule has 2 aromatic rings. The van der Waals surface area contributed by atoms with Gasteiger partial charge in [0, 0.05) is 25.6 Å². The first-order chi connectivity index (χ1) is 14.7. The van der Waals surface area contributed by atoms with E-state index in [1.54, 1.807) is 36.0 Å². The standard InChI is InChI=1S/C22H27N5O4/c1-22(2,3)18-12-16(24(4)23-18)21(30)27-11-7-10-26(27)19(28)13-25-15-8-5-6-9-17(15)31-14-20(25)29/h5-6,8-9,12H,7,10-11,13-14H2,1-4H3. The molecule has 1 aromatic carbocycles. The summed E-state index contributed by atoms with van der Waals surface area (Å²) in [6.07, 6.45) is 0.676. The molecule has 1 fully saturated rings. The molecular formula is C22H27N5O4. The molecule has 31 heavy (non-hydrogen) atoms. The highest BCUT2D eigenvalue weighted by atomic mass is 16.5. The van der Waals surface area contributed by atoms with Crippen LogP contribution in [0.15, 0.2) is 30.3 Å². The smallest absolute Gasteiger partial charge is 0.290 e. The summed E-state index contributed by atoms with van der Waals surface area (Å²) in [5, 5.41) is 7.37. The summed E-state index contributed by atoms with van der Waals surface area (Å²) in [4.78, 5) is 40.2. The summed E-state index contributed by atoms with van der Waals surface area (Å²) in [6, 6.07) is 8.90. The summed E-state index contributed by atoms with van der Waals surface area (Å²) >= 11 is 0. The van der Waals surface area contributed by atoms with Crippen molar-refractivity contribution in [1.29, 1.82) is 0 Å². The van der Waals surface area contributed by atoms with Crippen molar-refractivity contribution in [3.8, 4) is 5.75 Å². The van der Waals surface area contributed by atoms with Crippen LogP contribution in [0.2, 0.25) is 0 Å². The molecule has 0 radical (unpaired) electrons. The number of hydrazine groups is 1. The minimum Gasteiger partial charge on any atom is -0.482 e. The minimum atomic E-state index is -0.311. The van der Waals surface area contributed by atoms with Crippen LogP contribution in [0.4, 0.5) is 5.69 Å². The number of anilines is 1. The zero-order valence-electron chi connectivity index (χ0n) is 18.3. The summed E-state index contributed by atoms with van der Waals surface area (Å²) in [6.45, 7) is 6.70. The number of para-hydroxylation sites is 2. The highest BCUT2D eigenvalue weighted by Gasteiger charge is 2.36.